The van der Waals surface area contributed by atoms with Gasteiger partial charge in [0.05, 0.1) is 0 Å². The van der Waals surface area contributed by atoms with Crippen LogP contribution in [-0.2, 0) is 5.41 Å². The molecule has 0 radical (unpaired) electrons. The molecule has 0 amide bonds. The highest BCUT2D eigenvalue weighted by Gasteiger charge is 2.37. The van der Waals surface area contributed by atoms with Crippen molar-refractivity contribution in [2.75, 3.05) is 0 Å². The molecule has 0 spiro atoms. The molecule has 0 aromatic heterocycles. The van der Waals surface area contributed by atoms with E-state index in [4.69, 9.17) is 17.0 Å². The molecule has 2 aromatic carbocycles. The second-order valence-electron chi connectivity index (χ2n) is 6.21. The van der Waals surface area contributed by atoms with Crippen molar-refractivity contribution in [3.8, 4) is 11.1 Å². The second-order valence-corrected chi connectivity index (χ2v) is 6.64. The van der Waals surface area contributed by atoms with Gasteiger partial charge in [-0.25, -0.2) is 4.39 Å². The zero-order chi connectivity index (χ0) is 16.1. The fourth-order valence-electron chi connectivity index (χ4n) is 3.31. The van der Waals surface area contributed by atoms with Crippen molar-refractivity contribution in [2.45, 2.75) is 26.2 Å². The number of allylic oxidation sites excluding steroid dienone is 2. The van der Waals surface area contributed by atoms with E-state index in [0.29, 0.717) is 5.02 Å². The Bertz CT molecular complexity index is 818. The predicted octanol–water partition coefficient (Wildman–Crippen LogP) is 5.84. The number of rotatable bonds is 2. The fourth-order valence-corrected chi connectivity index (χ4v) is 3.53. The van der Waals surface area contributed by atoms with Crippen molar-refractivity contribution in [1.29, 1.82) is 5.41 Å². The number of halogens is 2. The molecule has 1 aliphatic carbocycles. The van der Waals surface area contributed by atoms with Gasteiger partial charge < -0.3 is 5.41 Å². The van der Waals surface area contributed by atoms with Crippen molar-refractivity contribution in [3.63, 3.8) is 0 Å². The molecule has 112 valence electrons. The van der Waals surface area contributed by atoms with E-state index in [1.54, 1.807) is 12.1 Å². The molecular weight excluding hydrogens is 297 g/mol. The lowest BCUT2D eigenvalue weighted by Gasteiger charge is -2.22. The van der Waals surface area contributed by atoms with Gasteiger partial charge in [0.1, 0.15) is 5.82 Å². The topological polar surface area (TPSA) is 23.9 Å². The summed E-state index contributed by atoms with van der Waals surface area (Å²) in [5, 5.41) is 7.96. The average Bonchev–Trinajstić information content (AvgIpc) is 2.67. The van der Waals surface area contributed by atoms with Gasteiger partial charge in [0.15, 0.2) is 0 Å². The van der Waals surface area contributed by atoms with Crippen LogP contribution in [0.3, 0.4) is 0 Å². The van der Waals surface area contributed by atoms with Gasteiger partial charge in [-0.05, 0) is 70.7 Å². The van der Waals surface area contributed by atoms with E-state index < -0.39 is 0 Å². The maximum atomic E-state index is 13.7. The van der Waals surface area contributed by atoms with Crippen LogP contribution in [0.1, 0.15) is 37.5 Å². The summed E-state index contributed by atoms with van der Waals surface area (Å²) < 4.78 is 13.7. The van der Waals surface area contributed by atoms with Crippen LogP contribution in [0.15, 0.2) is 36.4 Å². The number of benzene rings is 2. The van der Waals surface area contributed by atoms with Crippen molar-refractivity contribution in [1.82, 2.24) is 0 Å². The van der Waals surface area contributed by atoms with E-state index in [2.05, 4.69) is 13.8 Å². The molecule has 2 aromatic rings. The molecule has 3 heteroatoms. The van der Waals surface area contributed by atoms with Crippen molar-refractivity contribution < 1.29 is 4.39 Å². The van der Waals surface area contributed by atoms with Gasteiger partial charge in [0.2, 0.25) is 0 Å². The lowest BCUT2D eigenvalue weighted by molar-refractivity contribution is 0.609. The maximum absolute atomic E-state index is 13.7. The minimum absolute atomic E-state index is 0.223. The predicted molar refractivity (Wildman–Crippen MR) is 91.4 cm³/mol. The summed E-state index contributed by atoms with van der Waals surface area (Å²) in [6.07, 6.45) is 3.02. The third-order valence-electron chi connectivity index (χ3n) is 4.46. The Morgan fingerprint density at radius 3 is 2.59 bits per heavy atom. The van der Waals surface area contributed by atoms with Crippen LogP contribution >= 0.6 is 11.6 Å². The molecule has 1 N–H and O–H groups in total. The Morgan fingerprint density at radius 1 is 1.18 bits per heavy atom. The van der Waals surface area contributed by atoms with Gasteiger partial charge in [-0.3, -0.25) is 0 Å². The highest BCUT2D eigenvalue weighted by molar-refractivity contribution is 6.31. The van der Waals surface area contributed by atoms with Gasteiger partial charge in [-0.1, -0.05) is 31.5 Å². The van der Waals surface area contributed by atoms with E-state index >= 15 is 0 Å². The Hall–Kier alpha value is -1.93. The molecule has 0 saturated heterocycles. The summed E-state index contributed by atoms with van der Waals surface area (Å²) in [6.45, 7) is 6.14. The SMILES string of the molecule is C/C(=C\C=N)c1cc(Cl)cc2c1-c1ccc(F)cc1C2(C)C. The van der Waals surface area contributed by atoms with Crippen molar-refractivity contribution in [3.05, 3.63) is 63.9 Å². The molecule has 1 nitrogen and oxygen atoms in total. The standard InChI is InChI=1S/C19H17ClFN/c1-11(6-7-22)15-8-12(20)9-17-18(15)14-5-4-13(21)10-16(14)19(17,2)3/h4-10,22H,1-3H3/b11-6+,22-7?. The minimum Gasteiger partial charge on any atom is -0.309 e. The van der Waals surface area contributed by atoms with E-state index in [0.717, 1.165) is 33.4 Å². The highest BCUT2D eigenvalue weighted by Crippen LogP contribution is 2.52. The fraction of sp³-hybridized carbons (Fsp3) is 0.211. The maximum Gasteiger partial charge on any atom is 0.123 e. The number of hydrogen-bond donors (Lipinski definition) is 1. The van der Waals surface area contributed by atoms with E-state index in [9.17, 15) is 4.39 Å². The summed E-state index contributed by atoms with van der Waals surface area (Å²) in [4.78, 5) is 0. The van der Waals surface area contributed by atoms with Gasteiger partial charge >= 0.3 is 0 Å². The lowest BCUT2D eigenvalue weighted by atomic mass is 9.82. The van der Waals surface area contributed by atoms with Crippen LogP contribution in [0.4, 0.5) is 4.39 Å². The zero-order valence-corrected chi connectivity index (χ0v) is 13.6. The molecule has 0 saturated carbocycles. The molecular formula is C19H17ClFN. The average molecular weight is 314 g/mol. The van der Waals surface area contributed by atoms with E-state index in [-0.39, 0.29) is 11.2 Å². The van der Waals surface area contributed by atoms with Crippen molar-refractivity contribution in [2.24, 2.45) is 0 Å². The molecule has 1 aliphatic rings. The Kier molecular flexibility index (Phi) is 3.45. The molecule has 22 heavy (non-hydrogen) atoms. The normalized spacial score (nSPS) is 15.4. The van der Waals surface area contributed by atoms with Crippen LogP contribution < -0.4 is 0 Å². The summed E-state index contributed by atoms with van der Waals surface area (Å²) >= 11 is 6.32. The second kappa shape index (κ2) is 5.06. The molecule has 3 rings (SSSR count). The summed E-state index contributed by atoms with van der Waals surface area (Å²) in [5.41, 5.74) is 5.91. The van der Waals surface area contributed by atoms with Crippen LogP contribution in [0.5, 0.6) is 0 Å². The molecule has 0 bridgehead atoms. The van der Waals surface area contributed by atoms with E-state index in [1.165, 1.54) is 12.3 Å². The largest absolute Gasteiger partial charge is 0.309 e. The number of fused-ring (bicyclic) bond motifs is 3. The highest BCUT2D eigenvalue weighted by atomic mass is 35.5. The first-order valence-electron chi connectivity index (χ1n) is 7.18. The van der Waals surface area contributed by atoms with Gasteiger partial charge in [-0.2, -0.15) is 0 Å². The van der Waals surface area contributed by atoms with Gasteiger partial charge in [0, 0.05) is 16.7 Å². The van der Waals surface area contributed by atoms with E-state index in [1.807, 2.05) is 25.1 Å². The molecule has 0 unspecified atom stereocenters. The number of hydrogen-bond acceptors (Lipinski definition) is 1. The third kappa shape index (κ3) is 2.10. The smallest absolute Gasteiger partial charge is 0.123 e. The Labute approximate surface area is 135 Å². The third-order valence-corrected chi connectivity index (χ3v) is 4.68. The summed E-state index contributed by atoms with van der Waals surface area (Å²) in [6, 6.07) is 8.84. The van der Waals surface area contributed by atoms with Crippen LogP contribution in [0.2, 0.25) is 5.02 Å². The quantitative estimate of drug-likeness (QED) is 0.674. The summed E-state index contributed by atoms with van der Waals surface area (Å²) in [7, 11) is 0. The summed E-state index contributed by atoms with van der Waals surface area (Å²) in [5.74, 6) is -0.223. The monoisotopic (exact) mass is 313 g/mol. The molecule has 0 heterocycles. The van der Waals surface area contributed by atoms with Crippen LogP contribution in [0.25, 0.3) is 16.7 Å². The van der Waals surface area contributed by atoms with Crippen LogP contribution in [0, 0.1) is 11.2 Å². The Balaban J connectivity index is 2.41. The molecule has 0 aliphatic heterocycles. The first-order valence-corrected chi connectivity index (χ1v) is 7.56. The van der Waals surface area contributed by atoms with Gasteiger partial charge in [-0.15, -0.1) is 0 Å². The first-order chi connectivity index (χ1) is 10.4. The first kappa shape index (κ1) is 15.0. The molecule has 0 atom stereocenters. The molecule has 0 fully saturated rings. The van der Waals surface area contributed by atoms with Crippen LogP contribution in [-0.4, -0.2) is 6.21 Å². The minimum atomic E-state index is -0.294. The van der Waals surface area contributed by atoms with Crippen molar-refractivity contribution >= 4 is 23.4 Å². The zero-order valence-electron chi connectivity index (χ0n) is 12.8. The number of nitrogens with one attached hydrogen (secondary N) is 1. The lowest BCUT2D eigenvalue weighted by Crippen LogP contribution is -2.15. The van der Waals surface area contributed by atoms with Gasteiger partial charge in [0.25, 0.3) is 0 Å². The Morgan fingerprint density at radius 2 is 1.91 bits per heavy atom.